The zero-order valence-electron chi connectivity index (χ0n) is 25.0. The lowest BCUT2D eigenvalue weighted by molar-refractivity contribution is -0.119. The lowest BCUT2D eigenvalue weighted by Crippen LogP contribution is -2.23. The summed E-state index contributed by atoms with van der Waals surface area (Å²) in [5.74, 6) is -4.92. The van der Waals surface area contributed by atoms with Crippen LogP contribution in [0.15, 0.2) is 97.9 Å². The topological polar surface area (TPSA) is 142 Å². The molecule has 0 fully saturated rings. The van der Waals surface area contributed by atoms with Crippen LogP contribution in [0.25, 0.3) is 11.1 Å². The van der Waals surface area contributed by atoms with Gasteiger partial charge in [0.1, 0.15) is 11.4 Å². The van der Waals surface area contributed by atoms with Crippen molar-refractivity contribution in [3.05, 3.63) is 132 Å². The first-order chi connectivity index (χ1) is 21.9. The third-order valence-electron chi connectivity index (χ3n) is 6.97. The van der Waals surface area contributed by atoms with E-state index >= 15 is 0 Å². The first-order valence-corrected chi connectivity index (χ1v) is 13.9. The Morgan fingerprint density at radius 3 is 1.35 bits per heavy atom. The fraction of sp³-hybridized carbons (Fsp3) is 0.118. The maximum absolute atomic E-state index is 13.0. The van der Waals surface area contributed by atoms with Crippen molar-refractivity contribution in [1.29, 1.82) is 0 Å². The number of hydrogen-bond donors (Lipinski definition) is 4. The van der Waals surface area contributed by atoms with Crippen LogP contribution in [0.2, 0.25) is 0 Å². The van der Waals surface area contributed by atoms with Crippen LogP contribution >= 0.6 is 0 Å². The second-order valence-electron chi connectivity index (χ2n) is 10.1. The highest BCUT2D eigenvalue weighted by atomic mass is 19.1. The number of anilines is 2. The maximum atomic E-state index is 13.0. The van der Waals surface area contributed by atoms with Crippen molar-refractivity contribution in [2.24, 2.45) is 0 Å². The van der Waals surface area contributed by atoms with Gasteiger partial charge in [-0.25, -0.2) is 8.78 Å². The maximum Gasteiger partial charge on any atom is 0.279 e. The standard InChI is InChI=1S/C34H30F2N6O4/c1-19-25(7-5-9-27(19)41-33(45)29-13-11-23(15-37-29)17-39-31(43)21(3)35)26-8-6-10-28(20(26)2)42-34(46)30-14-12-24(16-38-30)18-40-32(44)22(4)36/h5-16H,3-4,17-18H2,1-2H3,(H,39,43)(H,40,44)(H,41,45)(H,42,46). The fourth-order valence-electron chi connectivity index (χ4n) is 4.38. The van der Waals surface area contributed by atoms with E-state index in [0.29, 0.717) is 22.5 Å². The summed E-state index contributed by atoms with van der Waals surface area (Å²) in [7, 11) is 0. The first kappa shape index (κ1) is 32.9. The molecule has 2 aromatic carbocycles. The van der Waals surface area contributed by atoms with Crippen molar-refractivity contribution in [3.8, 4) is 11.1 Å². The molecule has 0 radical (unpaired) electrons. The summed E-state index contributed by atoms with van der Waals surface area (Å²) < 4.78 is 25.7. The van der Waals surface area contributed by atoms with E-state index in [2.05, 4.69) is 44.4 Å². The molecule has 234 valence electrons. The van der Waals surface area contributed by atoms with Gasteiger partial charge in [0, 0.05) is 36.9 Å². The third-order valence-corrected chi connectivity index (χ3v) is 6.97. The average Bonchev–Trinajstić information content (AvgIpc) is 3.04. The Hall–Kier alpha value is -6.04. The normalized spacial score (nSPS) is 10.4. The lowest BCUT2D eigenvalue weighted by atomic mass is 9.94. The molecule has 0 aliphatic heterocycles. The van der Waals surface area contributed by atoms with Gasteiger partial charge in [0.15, 0.2) is 11.7 Å². The molecular formula is C34H30F2N6O4. The number of nitrogens with one attached hydrogen (secondary N) is 4. The lowest BCUT2D eigenvalue weighted by Gasteiger charge is -2.17. The minimum atomic E-state index is -1.10. The number of halogens is 2. The highest BCUT2D eigenvalue weighted by Gasteiger charge is 2.16. The molecule has 46 heavy (non-hydrogen) atoms. The second-order valence-corrected chi connectivity index (χ2v) is 10.1. The van der Waals surface area contributed by atoms with E-state index in [1.165, 1.54) is 24.5 Å². The van der Waals surface area contributed by atoms with Crippen molar-refractivity contribution in [2.45, 2.75) is 26.9 Å². The summed E-state index contributed by atoms with van der Waals surface area (Å²) in [5.41, 5.74) is 5.81. The molecule has 4 amide bonds. The van der Waals surface area contributed by atoms with Gasteiger partial charge in [-0.05, 0) is 71.5 Å². The molecule has 2 heterocycles. The fourth-order valence-corrected chi connectivity index (χ4v) is 4.38. The smallest absolute Gasteiger partial charge is 0.279 e. The zero-order valence-corrected chi connectivity index (χ0v) is 25.0. The Kier molecular flexibility index (Phi) is 10.4. The third kappa shape index (κ3) is 8.11. The number of carbonyl (C=O) groups is 4. The highest BCUT2D eigenvalue weighted by Crippen LogP contribution is 2.34. The van der Waals surface area contributed by atoms with E-state index < -0.39 is 35.3 Å². The van der Waals surface area contributed by atoms with Gasteiger partial charge in [0.2, 0.25) is 0 Å². The molecule has 10 nitrogen and oxygen atoms in total. The van der Waals surface area contributed by atoms with E-state index in [4.69, 9.17) is 0 Å². The molecule has 0 saturated carbocycles. The molecule has 0 aliphatic carbocycles. The molecular weight excluding hydrogens is 594 g/mol. The number of aromatic nitrogens is 2. The number of hydrogen-bond acceptors (Lipinski definition) is 6. The minimum Gasteiger partial charge on any atom is -0.346 e. The number of benzene rings is 2. The SMILES string of the molecule is C=C(F)C(=O)NCc1ccc(C(=O)Nc2cccc(-c3cccc(NC(=O)c4ccc(CNC(=O)C(=C)F)cn4)c3C)c2C)nc1. The molecule has 0 atom stereocenters. The van der Waals surface area contributed by atoms with Gasteiger partial charge < -0.3 is 21.3 Å². The van der Waals surface area contributed by atoms with E-state index in [0.717, 1.165) is 22.3 Å². The monoisotopic (exact) mass is 624 g/mol. The molecule has 0 spiro atoms. The van der Waals surface area contributed by atoms with E-state index in [-0.39, 0.29) is 24.5 Å². The molecule has 0 aliphatic rings. The van der Waals surface area contributed by atoms with Gasteiger partial charge in [-0.15, -0.1) is 0 Å². The molecule has 4 N–H and O–H groups in total. The van der Waals surface area contributed by atoms with Gasteiger partial charge in [-0.1, -0.05) is 49.6 Å². The Labute approximate surface area is 263 Å². The average molecular weight is 625 g/mol. The zero-order chi connectivity index (χ0) is 33.4. The predicted molar refractivity (Wildman–Crippen MR) is 170 cm³/mol. The van der Waals surface area contributed by atoms with Crippen molar-refractivity contribution >= 4 is 35.0 Å². The highest BCUT2D eigenvalue weighted by molar-refractivity contribution is 6.05. The Morgan fingerprint density at radius 1 is 0.630 bits per heavy atom. The molecule has 12 heteroatoms. The van der Waals surface area contributed by atoms with Crippen LogP contribution in [-0.4, -0.2) is 33.6 Å². The molecule has 4 rings (SSSR count). The molecule has 0 unspecified atom stereocenters. The van der Waals surface area contributed by atoms with Gasteiger partial charge in [0.05, 0.1) is 0 Å². The quantitative estimate of drug-likeness (QED) is 0.163. The summed E-state index contributed by atoms with van der Waals surface area (Å²) in [5, 5.41) is 10.5. The van der Waals surface area contributed by atoms with E-state index in [1.807, 2.05) is 26.0 Å². The van der Waals surface area contributed by atoms with Crippen molar-refractivity contribution in [3.63, 3.8) is 0 Å². The van der Waals surface area contributed by atoms with Gasteiger partial charge in [0.25, 0.3) is 23.6 Å². The van der Waals surface area contributed by atoms with Crippen molar-refractivity contribution < 1.29 is 28.0 Å². The van der Waals surface area contributed by atoms with Gasteiger partial charge in [-0.3, -0.25) is 29.1 Å². The largest absolute Gasteiger partial charge is 0.346 e. The van der Waals surface area contributed by atoms with Crippen LogP contribution < -0.4 is 21.3 Å². The number of amides is 4. The van der Waals surface area contributed by atoms with Crippen LogP contribution in [0.1, 0.15) is 43.2 Å². The molecule has 0 bridgehead atoms. The number of nitrogens with zero attached hydrogens (tertiary/aromatic N) is 2. The van der Waals surface area contributed by atoms with Crippen molar-refractivity contribution in [1.82, 2.24) is 20.6 Å². The predicted octanol–water partition coefficient (Wildman–Crippen LogP) is 5.46. The molecule has 2 aromatic heterocycles. The van der Waals surface area contributed by atoms with Gasteiger partial charge in [-0.2, -0.15) is 0 Å². The summed E-state index contributed by atoms with van der Waals surface area (Å²) in [6, 6.07) is 17.2. The van der Waals surface area contributed by atoms with Crippen LogP contribution in [0, 0.1) is 13.8 Å². The van der Waals surface area contributed by atoms with Gasteiger partial charge >= 0.3 is 0 Å². The first-order valence-electron chi connectivity index (χ1n) is 13.9. The van der Waals surface area contributed by atoms with Crippen LogP contribution in [0.5, 0.6) is 0 Å². The van der Waals surface area contributed by atoms with Crippen LogP contribution in [0.4, 0.5) is 20.2 Å². The summed E-state index contributed by atoms with van der Waals surface area (Å²) in [4.78, 5) is 57.0. The number of pyridine rings is 2. The van der Waals surface area contributed by atoms with E-state index in [9.17, 15) is 28.0 Å². The summed E-state index contributed by atoms with van der Waals surface area (Å²) in [6.07, 6.45) is 2.83. The molecule has 0 saturated heterocycles. The summed E-state index contributed by atoms with van der Waals surface area (Å²) >= 11 is 0. The van der Waals surface area contributed by atoms with Crippen molar-refractivity contribution in [2.75, 3.05) is 10.6 Å². The number of rotatable bonds is 11. The minimum absolute atomic E-state index is 0.0278. The van der Waals surface area contributed by atoms with E-state index in [1.54, 1.807) is 36.4 Å². The second kappa shape index (κ2) is 14.6. The van der Waals surface area contributed by atoms with Crippen LogP contribution in [0.3, 0.4) is 0 Å². The Bertz CT molecular complexity index is 1700. The Balaban J connectivity index is 1.45. The Morgan fingerprint density at radius 2 is 1.02 bits per heavy atom. The number of carbonyl (C=O) groups excluding carboxylic acids is 4. The van der Waals surface area contributed by atoms with Crippen LogP contribution in [-0.2, 0) is 22.7 Å². The summed E-state index contributed by atoms with van der Waals surface area (Å²) in [6.45, 7) is 9.66. The molecule has 4 aromatic rings.